The van der Waals surface area contributed by atoms with Crippen molar-refractivity contribution in [3.8, 4) is 17.2 Å². The average Bonchev–Trinajstić information content (AvgIpc) is 2.34. The molecule has 1 heterocycles. The normalized spacial score (nSPS) is 9.94. The second-order valence-electron chi connectivity index (χ2n) is 4.00. The molecule has 1 aromatic heterocycles. The molecule has 0 atom stereocenters. The van der Waals surface area contributed by atoms with E-state index in [1.165, 1.54) is 4.57 Å². The van der Waals surface area contributed by atoms with Crippen LogP contribution in [0.25, 0.3) is 11.1 Å². The van der Waals surface area contributed by atoms with E-state index in [2.05, 4.69) is 0 Å². The zero-order valence-corrected chi connectivity index (χ0v) is 9.77. The maximum absolute atomic E-state index is 11.8. The molecule has 0 fully saturated rings. The number of hydrogen-bond donors (Lipinski definition) is 0. The molecule has 2 rings (SSSR count). The van der Waals surface area contributed by atoms with Crippen LogP contribution in [0.5, 0.6) is 0 Å². The Hall–Kier alpha value is -2.34. The highest BCUT2D eigenvalue weighted by molar-refractivity contribution is 5.69. The first-order valence-electron chi connectivity index (χ1n) is 5.30. The monoisotopic (exact) mass is 224 g/mol. The van der Waals surface area contributed by atoms with E-state index in [-0.39, 0.29) is 11.1 Å². The lowest BCUT2D eigenvalue weighted by molar-refractivity contribution is 0.857. The Morgan fingerprint density at radius 3 is 2.41 bits per heavy atom. The molecule has 0 saturated heterocycles. The van der Waals surface area contributed by atoms with Crippen LogP contribution in [0.3, 0.4) is 0 Å². The van der Waals surface area contributed by atoms with Gasteiger partial charge in [-0.15, -0.1) is 0 Å². The van der Waals surface area contributed by atoms with Crippen molar-refractivity contribution < 1.29 is 0 Å². The molecule has 3 heteroatoms. The van der Waals surface area contributed by atoms with Crippen molar-refractivity contribution in [2.75, 3.05) is 0 Å². The van der Waals surface area contributed by atoms with E-state index in [1.807, 2.05) is 37.3 Å². The van der Waals surface area contributed by atoms with Gasteiger partial charge in [-0.05, 0) is 18.6 Å². The van der Waals surface area contributed by atoms with Gasteiger partial charge in [0.25, 0.3) is 5.56 Å². The summed E-state index contributed by atoms with van der Waals surface area (Å²) in [4.78, 5) is 11.8. The number of hydrogen-bond acceptors (Lipinski definition) is 2. The average molecular weight is 224 g/mol. The molecule has 3 nitrogen and oxygen atoms in total. The zero-order chi connectivity index (χ0) is 12.4. The Kier molecular flexibility index (Phi) is 2.80. The summed E-state index contributed by atoms with van der Waals surface area (Å²) in [6.45, 7) is 2.00. The molecule has 0 saturated carbocycles. The van der Waals surface area contributed by atoms with Crippen LogP contribution in [0.2, 0.25) is 0 Å². The topological polar surface area (TPSA) is 45.8 Å². The van der Waals surface area contributed by atoms with Gasteiger partial charge in [0.1, 0.15) is 11.6 Å². The number of nitrogens with zero attached hydrogens (tertiary/aromatic N) is 2. The Morgan fingerprint density at radius 2 is 1.82 bits per heavy atom. The minimum Gasteiger partial charge on any atom is -0.317 e. The molecule has 0 N–H and O–H groups in total. The fraction of sp³-hybridized carbons (Fsp3) is 0.143. The van der Waals surface area contributed by atoms with Gasteiger partial charge in [0.15, 0.2) is 0 Å². The summed E-state index contributed by atoms with van der Waals surface area (Å²) in [6.07, 6.45) is 1.68. The van der Waals surface area contributed by atoms with Crippen molar-refractivity contribution >= 4 is 0 Å². The van der Waals surface area contributed by atoms with Crippen molar-refractivity contribution in [2.45, 2.75) is 6.92 Å². The van der Waals surface area contributed by atoms with E-state index in [0.717, 1.165) is 11.1 Å². The van der Waals surface area contributed by atoms with Crippen LogP contribution in [0.15, 0.2) is 41.3 Å². The summed E-state index contributed by atoms with van der Waals surface area (Å²) in [5.41, 5.74) is 2.67. The van der Waals surface area contributed by atoms with Gasteiger partial charge in [0, 0.05) is 18.8 Å². The first kappa shape index (κ1) is 11.2. The van der Waals surface area contributed by atoms with E-state index in [0.29, 0.717) is 5.56 Å². The highest BCUT2D eigenvalue weighted by atomic mass is 16.1. The Morgan fingerprint density at radius 1 is 1.18 bits per heavy atom. The maximum Gasteiger partial charge on any atom is 0.268 e. The summed E-state index contributed by atoms with van der Waals surface area (Å²) in [5.74, 6) is 0. The zero-order valence-electron chi connectivity index (χ0n) is 9.77. The SMILES string of the molecule is Cc1ccc(-c2ccn(C)c(=O)c2C#N)cc1. The van der Waals surface area contributed by atoms with Crippen LogP contribution < -0.4 is 5.56 Å². The van der Waals surface area contributed by atoms with Gasteiger partial charge in [-0.2, -0.15) is 5.26 Å². The van der Waals surface area contributed by atoms with Crippen LogP contribution in [0, 0.1) is 18.3 Å². The van der Waals surface area contributed by atoms with Gasteiger partial charge < -0.3 is 4.57 Å². The number of aromatic nitrogens is 1. The van der Waals surface area contributed by atoms with E-state index >= 15 is 0 Å². The third-order valence-electron chi connectivity index (χ3n) is 2.74. The smallest absolute Gasteiger partial charge is 0.268 e. The quantitative estimate of drug-likeness (QED) is 0.745. The summed E-state index contributed by atoms with van der Waals surface area (Å²) < 4.78 is 1.41. The third-order valence-corrected chi connectivity index (χ3v) is 2.74. The number of aryl methyl sites for hydroxylation is 2. The standard InChI is InChI=1S/C14H12N2O/c1-10-3-5-11(6-4-10)12-7-8-16(2)14(17)13(12)9-15/h3-8H,1-2H3. The Labute approximate surface area is 99.6 Å². The van der Waals surface area contributed by atoms with Gasteiger partial charge in [0.05, 0.1) is 0 Å². The largest absolute Gasteiger partial charge is 0.317 e. The Bertz CT molecular complexity index is 645. The van der Waals surface area contributed by atoms with Gasteiger partial charge in [-0.1, -0.05) is 29.8 Å². The number of rotatable bonds is 1. The van der Waals surface area contributed by atoms with Crippen molar-refractivity contribution in [3.05, 3.63) is 58.0 Å². The van der Waals surface area contributed by atoms with E-state index in [1.54, 1.807) is 19.3 Å². The molecule has 84 valence electrons. The lowest BCUT2D eigenvalue weighted by atomic mass is 10.0. The summed E-state index contributed by atoms with van der Waals surface area (Å²) >= 11 is 0. The van der Waals surface area contributed by atoms with Crippen LogP contribution in [0.1, 0.15) is 11.1 Å². The van der Waals surface area contributed by atoms with Crippen molar-refractivity contribution in [1.29, 1.82) is 5.26 Å². The molecule has 0 aliphatic heterocycles. The van der Waals surface area contributed by atoms with E-state index in [9.17, 15) is 4.79 Å². The highest BCUT2D eigenvalue weighted by Gasteiger charge is 2.09. The lowest BCUT2D eigenvalue weighted by Gasteiger charge is -2.06. The molecule has 2 aromatic rings. The summed E-state index contributed by atoms with van der Waals surface area (Å²) in [5, 5.41) is 9.08. The Balaban J connectivity index is 2.69. The lowest BCUT2D eigenvalue weighted by Crippen LogP contribution is -2.19. The number of pyridine rings is 1. The third kappa shape index (κ3) is 1.98. The fourth-order valence-corrected chi connectivity index (χ4v) is 1.71. The highest BCUT2D eigenvalue weighted by Crippen LogP contribution is 2.21. The fourth-order valence-electron chi connectivity index (χ4n) is 1.71. The van der Waals surface area contributed by atoms with Gasteiger partial charge >= 0.3 is 0 Å². The second-order valence-corrected chi connectivity index (χ2v) is 4.00. The molecule has 0 bridgehead atoms. The molecule has 0 unspecified atom stereocenters. The molecule has 0 radical (unpaired) electrons. The molecule has 1 aromatic carbocycles. The second kappa shape index (κ2) is 4.26. The first-order chi connectivity index (χ1) is 8.13. The maximum atomic E-state index is 11.8. The molecule has 0 amide bonds. The van der Waals surface area contributed by atoms with Crippen LogP contribution >= 0.6 is 0 Å². The molecule has 0 aliphatic carbocycles. The number of benzene rings is 1. The minimum atomic E-state index is -0.259. The van der Waals surface area contributed by atoms with Gasteiger partial charge in [-0.25, -0.2) is 0 Å². The van der Waals surface area contributed by atoms with Crippen LogP contribution in [-0.2, 0) is 7.05 Å². The number of nitriles is 1. The van der Waals surface area contributed by atoms with Crippen molar-refractivity contribution in [3.63, 3.8) is 0 Å². The molecule has 0 spiro atoms. The molecule has 17 heavy (non-hydrogen) atoms. The van der Waals surface area contributed by atoms with Crippen molar-refractivity contribution in [2.24, 2.45) is 7.05 Å². The van der Waals surface area contributed by atoms with E-state index in [4.69, 9.17) is 5.26 Å². The predicted octanol–water partition coefficient (Wildman–Crippen LogP) is 2.23. The van der Waals surface area contributed by atoms with Gasteiger partial charge in [0.2, 0.25) is 0 Å². The minimum absolute atomic E-state index is 0.193. The van der Waals surface area contributed by atoms with Gasteiger partial charge in [-0.3, -0.25) is 4.79 Å². The van der Waals surface area contributed by atoms with E-state index < -0.39 is 0 Å². The summed E-state index contributed by atoms with van der Waals surface area (Å²) in [6, 6.07) is 11.6. The molecule has 0 aliphatic rings. The van der Waals surface area contributed by atoms with Crippen LogP contribution in [-0.4, -0.2) is 4.57 Å². The first-order valence-corrected chi connectivity index (χ1v) is 5.30. The molecular weight excluding hydrogens is 212 g/mol. The molecular formula is C14H12N2O. The predicted molar refractivity (Wildman–Crippen MR) is 66.6 cm³/mol. The summed E-state index contributed by atoms with van der Waals surface area (Å²) in [7, 11) is 1.64. The van der Waals surface area contributed by atoms with Crippen LogP contribution in [0.4, 0.5) is 0 Å². The van der Waals surface area contributed by atoms with Crippen molar-refractivity contribution in [1.82, 2.24) is 4.57 Å².